The number of alkyl halides is 1. The Morgan fingerprint density at radius 3 is 2.56 bits per heavy atom. The van der Waals surface area contributed by atoms with Crippen LogP contribution in [0.4, 0.5) is 5.69 Å². The number of nitrogens with one attached hydrogen (secondary N) is 1. The van der Waals surface area contributed by atoms with Gasteiger partial charge in [-0.05, 0) is 37.1 Å². The van der Waals surface area contributed by atoms with Crippen LogP contribution in [0.25, 0.3) is 0 Å². The first kappa shape index (κ1) is 12.8. The molecule has 1 aromatic rings. The normalized spacial score (nSPS) is 10.0. The molecule has 3 nitrogen and oxygen atoms in total. The Balaban J connectivity index is 2.94. The number of aryl methyl sites for hydroxylation is 2. The van der Waals surface area contributed by atoms with E-state index < -0.39 is 0 Å². The molecular formula is C12H16ClNO2. The number of anilines is 1. The number of hydrogen-bond donors (Lipinski definition) is 1. The minimum atomic E-state index is -0.100. The minimum Gasteiger partial charge on any atom is -0.495 e. The predicted molar refractivity (Wildman–Crippen MR) is 66.4 cm³/mol. The van der Waals surface area contributed by atoms with E-state index in [0.717, 1.165) is 11.1 Å². The van der Waals surface area contributed by atoms with Crippen LogP contribution in [0.3, 0.4) is 0 Å². The van der Waals surface area contributed by atoms with Crippen LogP contribution in [0.5, 0.6) is 5.75 Å². The van der Waals surface area contributed by atoms with Gasteiger partial charge >= 0.3 is 0 Å². The second-order valence-corrected chi connectivity index (χ2v) is 4.00. The van der Waals surface area contributed by atoms with Crippen molar-refractivity contribution in [2.24, 2.45) is 0 Å². The van der Waals surface area contributed by atoms with E-state index in [-0.39, 0.29) is 5.91 Å². The number of hydrogen-bond acceptors (Lipinski definition) is 2. The largest absolute Gasteiger partial charge is 0.495 e. The van der Waals surface area contributed by atoms with Crippen LogP contribution in [-0.2, 0) is 4.79 Å². The van der Waals surface area contributed by atoms with E-state index in [4.69, 9.17) is 16.3 Å². The first-order valence-electron chi connectivity index (χ1n) is 5.09. The van der Waals surface area contributed by atoms with E-state index in [1.807, 2.05) is 26.0 Å². The van der Waals surface area contributed by atoms with E-state index in [9.17, 15) is 4.79 Å². The molecule has 0 unspecified atom stereocenters. The van der Waals surface area contributed by atoms with Gasteiger partial charge in [-0.3, -0.25) is 4.79 Å². The first-order chi connectivity index (χ1) is 7.58. The van der Waals surface area contributed by atoms with Gasteiger partial charge in [-0.1, -0.05) is 0 Å². The smallest absolute Gasteiger partial charge is 0.225 e. The van der Waals surface area contributed by atoms with E-state index in [0.29, 0.717) is 23.7 Å². The Hall–Kier alpha value is -1.22. The average molecular weight is 242 g/mol. The number of rotatable bonds is 4. The molecule has 0 aliphatic rings. The van der Waals surface area contributed by atoms with Crippen molar-refractivity contribution in [3.05, 3.63) is 23.3 Å². The van der Waals surface area contributed by atoms with Gasteiger partial charge < -0.3 is 10.1 Å². The molecule has 0 heterocycles. The highest BCUT2D eigenvalue weighted by Crippen LogP contribution is 2.27. The highest BCUT2D eigenvalue weighted by atomic mass is 35.5. The molecule has 1 amide bonds. The number of ether oxygens (including phenoxy) is 1. The van der Waals surface area contributed by atoms with E-state index >= 15 is 0 Å². The molecule has 0 bridgehead atoms. The number of benzene rings is 1. The second-order valence-electron chi connectivity index (χ2n) is 3.62. The molecule has 16 heavy (non-hydrogen) atoms. The highest BCUT2D eigenvalue weighted by molar-refractivity contribution is 6.19. The summed E-state index contributed by atoms with van der Waals surface area (Å²) in [5.41, 5.74) is 2.94. The van der Waals surface area contributed by atoms with Crippen LogP contribution in [0.1, 0.15) is 17.5 Å². The first-order valence-corrected chi connectivity index (χ1v) is 5.63. The van der Waals surface area contributed by atoms with Gasteiger partial charge in [0, 0.05) is 12.3 Å². The molecule has 0 aromatic heterocycles. The van der Waals surface area contributed by atoms with Gasteiger partial charge in [0.05, 0.1) is 12.8 Å². The summed E-state index contributed by atoms with van der Waals surface area (Å²) in [5.74, 6) is 0.890. The lowest BCUT2D eigenvalue weighted by molar-refractivity contribution is -0.115. The molecule has 0 radical (unpaired) electrons. The molecule has 0 fully saturated rings. The fraction of sp³-hybridized carbons (Fsp3) is 0.417. The zero-order valence-corrected chi connectivity index (χ0v) is 10.5. The number of methoxy groups -OCH3 is 1. The third kappa shape index (κ3) is 3.14. The molecule has 0 saturated carbocycles. The topological polar surface area (TPSA) is 38.3 Å². The Bertz CT molecular complexity index is 391. The highest BCUT2D eigenvalue weighted by Gasteiger charge is 2.08. The van der Waals surface area contributed by atoms with Crippen LogP contribution in [0, 0.1) is 13.8 Å². The summed E-state index contributed by atoms with van der Waals surface area (Å²) in [6.07, 6.45) is 0.303. The predicted octanol–water partition coefficient (Wildman–Crippen LogP) is 2.88. The molecule has 1 rings (SSSR count). The monoisotopic (exact) mass is 241 g/mol. The lowest BCUT2D eigenvalue weighted by atomic mass is 10.1. The van der Waals surface area contributed by atoms with Gasteiger partial charge in [0.1, 0.15) is 5.75 Å². The summed E-state index contributed by atoms with van der Waals surface area (Å²) < 4.78 is 5.21. The minimum absolute atomic E-state index is 0.100. The number of amides is 1. The third-order valence-electron chi connectivity index (χ3n) is 2.41. The Labute approximate surface area is 101 Å². The molecule has 0 aliphatic heterocycles. The fourth-order valence-corrected chi connectivity index (χ4v) is 1.53. The van der Waals surface area contributed by atoms with Gasteiger partial charge in [0.15, 0.2) is 0 Å². The van der Waals surface area contributed by atoms with Crippen molar-refractivity contribution in [2.75, 3.05) is 18.3 Å². The lowest BCUT2D eigenvalue weighted by Crippen LogP contribution is -2.12. The van der Waals surface area contributed by atoms with Crippen molar-refractivity contribution < 1.29 is 9.53 Å². The van der Waals surface area contributed by atoms with Gasteiger partial charge in [0.2, 0.25) is 5.91 Å². The summed E-state index contributed by atoms with van der Waals surface area (Å²) in [4.78, 5) is 11.4. The van der Waals surface area contributed by atoms with Gasteiger partial charge in [-0.25, -0.2) is 0 Å². The molecule has 4 heteroatoms. The Kier molecular flexibility index (Phi) is 4.62. The summed E-state index contributed by atoms with van der Waals surface area (Å²) in [6.45, 7) is 3.99. The van der Waals surface area contributed by atoms with Crippen molar-refractivity contribution in [3.8, 4) is 5.75 Å². The maximum Gasteiger partial charge on any atom is 0.225 e. The maximum atomic E-state index is 11.4. The zero-order valence-electron chi connectivity index (χ0n) is 9.76. The molecule has 88 valence electrons. The Morgan fingerprint density at radius 2 is 2.00 bits per heavy atom. The standard InChI is InChI=1S/C12H16ClNO2/c1-8-6-10(14-12(15)4-5-13)11(16-3)7-9(8)2/h6-7H,4-5H2,1-3H3,(H,14,15). The molecule has 0 spiro atoms. The third-order valence-corrected chi connectivity index (χ3v) is 2.60. The van der Waals surface area contributed by atoms with Crippen molar-refractivity contribution >= 4 is 23.2 Å². The van der Waals surface area contributed by atoms with E-state index in [1.165, 1.54) is 0 Å². The molecule has 0 atom stereocenters. The Morgan fingerprint density at radius 1 is 1.38 bits per heavy atom. The molecule has 1 N–H and O–H groups in total. The van der Waals surface area contributed by atoms with E-state index in [2.05, 4.69) is 5.32 Å². The van der Waals surface area contributed by atoms with Crippen LogP contribution in [-0.4, -0.2) is 18.9 Å². The summed E-state index contributed by atoms with van der Waals surface area (Å²) in [6, 6.07) is 3.81. The van der Waals surface area contributed by atoms with Crippen molar-refractivity contribution in [1.82, 2.24) is 0 Å². The second kappa shape index (κ2) is 5.75. The molecular weight excluding hydrogens is 226 g/mol. The number of carbonyl (C=O) groups excluding carboxylic acids is 1. The van der Waals surface area contributed by atoms with Crippen LogP contribution >= 0.6 is 11.6 Å². The van der Waals surface area contributed by atoms with Crippen molar-refractivity contribution in [2.45, 2.75) is 20.3 Å². The van der Waals surface area contributed by atoms with Crippen LogP contribution < -0.4 is 10.1 Å². The lowest BCUT2D eigenvalue weighted by Gasteiger charge is -2.12. The van der Waals surface area contributed by atoms with Gasteiger partial charge in [-0.2, -0.15) is 0 Å². The number of carbonyl (C=O) groups is 1. The summed E-state index contributed by atoms with van der Waals surface area (Å²) >= 11 is 5.50. The van der Waals surface area contributed by atoms with Crippen LogP contribution in [0.2, 0.25) is 0 Å². The maximum absolute atomic E-state index is 11.4. The van der Waals surface area contributed by atoms with Crippen molar-refractivity contribution in [1.29, 1.82) is 0 Å². The SMILES string of the molecule is COc1cc(C)c(C)cc1NC(=O)CCCl. The zero-order chi connectivity index (χ0) is 12.1. The van der Waals surface area contributed by atoms with Gasteiger partial charge in [-0.15, -0.1) is 11.6 Å². The van der Waals surface area contributed by atoms with Gasteiger partial charge in [0.25, 0.3) is 0 Å². The quantitative estimate of drug-likeness (QED) is 0.824. The molecule has 0 aliphatic carbocycles. The summed E-state index contributed by atoms with van der Waals surface area (Å²) in [7, 11) is 1.58. The van der Waals surface area contributed by atoms with E-state index in [1.54, 1.807) is 7.11 Å². The number of halogens is 1. The molecule has 0 saturated heterocycles. The molecule has 1 aromatic carbocycles. The van der Waals surface area contributed by atoms with Crippen LogP contribution in [0.15, 0.2) is 12.1 Å². The average Bonchev–Trinajstić information content (AvgIpc) is 2.23. The summed E-state index contributed by atoms with van der Waals surface area (Å²) in [5, 5.41) is 2.78. The fourth-order valence-electron chi connectivity index (χ4n) is 1.35. The van der Waals surface area contributed by atoms with Crippen molar-refractivity contribution in [3.63, 3.8) is 0 Å².